The van der Waals surface area contributed by atoms with Gasteiger partial charge >= 0.3 is 0 Å². The lowest BCUT2D eigenvalue weighted by Crippen LogP contribution is -2.15. The fraction of sp³-hybridized carbons (Fsp3) is 0.500. The monoisotopic (exact) mass is 232 g/mol. The van der Waals surface area contributed by atoms with E-state index >= 15 is 0 Å². The Morgan fingerprint density at radius 3 is 2.71 bits per heavy atom. The fourth-order valence-corrected chi connectivity index (χ4v) is 1.69. The van der Waals surface area contributed by atoms with Crippen LogP contribution in [0.3, 0.4) is 0 Å². The Labute approximate surface area is 105 Å². The van der Waals surface area contributed by atoms with E-state index in [1.54, 1.807) is 0 Å². The maximum absolute atomic E-state index is 9.15. The van der Waals surface area contributed by atoms with E-state index in [2.05, 4.69) is 57.2 Å². The number of benzene rings is 1. The van der Waals surface area contributed by atoms with E-state index in [0.29, 0.717) is 0 Å². The van der Waals surface area contributed by atoms with Crippen LogP contribution in [0, 0.1) is 5.41 Å². The van der Waals surface area contributed by atoms with Crippen LogP contribution < -0.4 is 0 Å². The van der Waals surface area contributed by atoms with E-state index in [1.165, 1.54) is 11.1 Å². The summed E-state index contributed by atoms with van der Waals surface area (Å²) in [5.74, 6) is 0. The number of aryl methyl sites for hydroxylation is 1. The molecule has 0 aliphatic rings. The molecule has 0 bridgehead atoms. The van der Waals surface area contributed by atoms with Gasteiger partial charge in [0.1, 0.15) is 0 Å². The Balaban J connectivity index is 2.48. The number of aliphatic hydroxyl groups excluding tert-OH is 1. The van der Waals surface area contributed by atoms with Crippen LogP contribution >= 0.6 is 0 Å². The van der Waals surface area contributed by atoms with Gasteiger partial charge in [0.25, 0.3) is 0 Å². The molecule has 0 saturated heterocycles. The van der Waals surface area contributed by atoms with E-state index in [4.69, 9.17) is 5.11 Å². The molecule has 0 aromatic heterocycles. The molecule has 1 nitrogen and oxygen atoms in total. The van der Waals surface area contributed by atoms with Crippen LogP contribution in [0.5, 0.6) is 0 Å². The third-order valence-electron chi connectivity index (χ3n) is 3.09. The number of aliphatic hydroxyl groups is 1. The molecule has 0 aliphatic carbocycles. The summed E-state index contributed by atoms with van der Waals surface area (Å²) in [7, 11) is 0. The first-order valence-corrected chi connectivity index (χ1v) is 6.44. The number of rotatable bonds is 6. The molecule has 1 aromatic rings. The summed E-state index contributed by atoms with van der Waals surface area (Å²) >= 11 is 0. The Hall–Kier alpha value is -1.08. The molecule has 1 N–H and O–H groups in total. The van der Waals surface area contributed by atoms with Crippen molar-refractivity contribution in [2.24, 2.45) is 5.41 Å². The van der Waals surface area contributed by atoms with Gasteiger partial charge in [0.15, 0.2) is 0 Å². The highest BCUT2D eigenvalue weighted by Crippen LogP contribution is 2.21. The van der Waals surface area contributed by atoms with Crippen molar-refractivity contribution in [3.63, 3.8) is 0 Å². The first-order chi connectivity index (χ1) is 8.07. The zero-order valence-electron chi connectivity index (χ0n) is 11.2. The van der Waals surface area contributed by atoms with Crippen LogP contribution in [0.1, 0.15) is 44.7 Å². The molecule has 0 unspecified atom stereocenters. The molecular weight excluding hydrogens is 208 g/mol. The third-order valence-corrected chi connectivity index (χ3v) is 3.09. The highest BCUT2D eigenvalue weighted by Gasteiger charge is 2.14. The zero-order chi connectivity index (χ0) is 12.7. The SMILES string of the molecule is CCc1cccc(/C=C/CCC(C)(C)CO)c1. The Bertz CT molecular complexity index is 364. The molecule has 17 heavy (non-hydrogen) atoms. The van der Waals surface area contributed by atoms with Gasteiger partial charge in [-0.25, -0.2) is 0 Å². The summed E-state index contributed by atoms with van der Waals surface area (Å²) in [6, 6.07) is 8.63. The van der Waals surface area contributed by atoms with Gasteiger partial charge in [-0.2, -0.15) is 0 Å². The second kappa shape index (κ2) is 6.61. The van der Waals surface area contributed by atoms with Crippen molar-refractivity contribution in [1.82, 2.24) is 0 Å². The van der Waals surface area contributed by atoms with Gasteiger partial charge < -0.3 is 5.11 Å². The van der Waals surface area contributed by atoms with Gasteiger partial charge in [-0.1, -0.05) is 57.2 Å². The van der Waals surface area contributed by atoms with Crippen LogP contribution in [-0.4, -0.2) is 11.7 Å². The van der Waals surface area contributed by atoms with Gasteiger partial charge in [0.2, 0.25) is 0 Å². The predicted molar refractivity (Wildman–Crippen MR) is 75.0 cm³/mol. The summed E-state index contributed by atoms with van der Waals surface area (Å²) in [6.07, 6.45) is 7.50. The van der Waals surface area contributed by atoms with Gasteiger partial charge in [-0.3, -0.25) is 0 Å². The molecule has 0 atom stereocenters. The van der Waals surface area contributed by atoms with Gasteiger partial charge in [-0.15, -0.1) is 0 Å². The van der Waals surface area contributed by atoms with Gasteiger partial charge in [0.05, 0.1) is 0 Å². The molecule has 1 heteroatoms. The molecule has 0 heterocycles. The van der Waals surface area contributed by atoms with Crippen LogP contribution in [0.15, 0.2) is 30.3 Å². The second-order valence-electron chi connectivity index (χ2n) is 5.36. The van der Waals surface area contributed by atoms with Crippen molar-refractivity contribution in [3.8, 4) is 0 Å². The molecule has 0 saturated carbocycles. The molecular formula is C16H24O. The topological polar surface area (TPSA) is 20.2 Å². The lowest BCUT2D eigenvalue weighted by Gasteiger charge is -2.19. The van der Waals surface area contributed by atoms with Crippen molar-refractivity contribution in [2.45, 2.75) is 40.0 Å². The minimum absolute atomic E-state index is 0.0373. The number of allylic oxidation sites excluding steroid dienone is 1. The fourth-order valence-electron chi connectivity index (χ4n) is 1.69. The second-order valence-corrected chi connectivity index (χ2v) is 5.36. The summed E-state index contributed by atoms with van der Waals surface area (Å²) in [5, 5.41) is 9.15. The standard InChI is InChI=1S/C16H24O/c1-4-14-9-7-10-15(12-14)8-5-6-11-16(2,3)13-17/h5,7-10,12,17H,4,6,11,13H2,1-3H3/b8-5+. The molecule has 94 valence electrons. The Morgan fingerprint density at radius 2 is 2.06 bits per heavy atom. The van der Waals surface area contributed by atoms with Crippen molar-refractivity contribution in [1.29, 1.82) is 0 Å². The number of hydrogen-bond acceptors (Lipinski definition) is 1. The lowest BCUT2D eigenvalue weighted by atomic mass is 9.89. The van der Waals surface area contributed by atoms with Gasteiger partial charge in [0, 0.05) is 6.61 Å². The van der Waals surface area contributed by atoms with Crippen LogP contribution in [0.2, 0.25) is 0 Å². The maximum Gasteiger partial charge on any atom is 0.0482 e. The zero-order valence-corrected chi connectivity index (χ0v) is 11.2. The summed E-state index contributed by atoms with van der Waals surface area (Å²) in [6.45, 7) is 6.62. The third kappa shape index (κ3) is 5.18. The quantitative estimate of drug-likeness (QED) is 0.784. The highest BCUT2D eigenvalue weighted by molar-refractivity contribution is 5.50. The molecule has 0 spiro atoms. The molecule has 0 amide bonds. The molecule has 1 rings (SSSR count). The summed E-state index contributed by atoms with van der Waals surface area (Å²) in [4.78, 5) is 0. The van der Waals surface area contributed by atoms with Crippen LogP contribution in [0.25, 0.3) is 6.08 Å². The van der Waals surface area contributed by atoms with E-state index < -0.39 is 0 Å². The van der Waals surface area contributed by atoms with Crippen LogP contribution in [-0.2, 0) is 6.42 Å². The summed E-state index contributed by atoms with van der Waals surface area (Å²) < 4.78 is 0. The maximum atomic E-state index is 9.15. The van der Waals surface area contributed by atoms with Crippen molar-refractivity contribution >= 4 is 6.08 Å². The first-order valence-electron chi connectivity index (χ1n) is 6.44. The van der Waals surface area contributed by atoms with E-state index in [1.807, 2.05) is 0 Å². The highest BCUT2D eigenvalue weighted by atomic mass is 16.3. The van der Waals surface area contributed by atoms with E-state index in [9.17, 15) is 0 Å². The minimum atomic E-state index is 0.0373. The Morgan fingerprint density at radius 1 is 1.29 bits per heavy atom. The van der Waals surface area contributed by atoms with Gasteiger partial charge in [-0.05, 0) is 35.8 Å². The predicted octanol–water partition coefficient (Wildman–Crippen LogP) is 4.06. The molecule has 1 aromatic carbocycles. The van der Waals surface area contributed by atoms with Crippen LogP contribution in [0.4, 0.5) is 0 Å². The smallest absolute Gasteiger partial charge is 0.0482 e. The largest absolute Gasteiger partial charge is 0.396 e. The van der Waals surface area contributed by atoms with Crippen molar-refractivity contribution < 1.29 is 5.11 Å². The minimum Gasteiger partial charge on any atom is -0.396 e. The average Bonchev–Trinajstić information content (AvgIpc) is 2.35. The average molecular weight is 232 g/mol. The van der Waals surface area contributed by atoms with E-state index in [-0.39, 0.29) is 12.0 Å². The van der Waals surface area contributed by atoms with Crippen molar-refractivity contribution in [3.05, 3.63) is 41.5 Å². The summed E-state index contributed by atoms with van der Waals surface area (Å²) in [5.41, 5.74) is 2.68. The normalized spacial score (nSPS) is 12.2. The molecule has 0 aliphatic heterocycles. The molecule has 0 radical (unpaired) electrons. The lowest BCUT2D eigenvalue weighted by molar-refractivity contribution is 0.151. The molecule has 0 fully saturated rings. The first kappa shape index (κ1) is 14.0. The van der Waals surface area contributed by atoms with Crippen molar-refractivity contribution in [2.75, 3.05) is 6.61 Å². The number of hydrogen-bond donors (Lipinski definition) is 1. The Kier molecular flexibility index (Phi) is 5.43. The van der Waals surface area contributed by atoms with E-state index in [0.717, 1.165) is 19.3 Å².